The maximum atomic E-state index is 12.6. The minimum Gasteiger partial charge on any atom is -0.480 e. The Kier molecular flexibility index (Phi) is 8.62. The standard InChI is InChI=1S/C27H32N2O9/c1-14(31)28-23-21(38-22(12-30)24(32)25(23)33)11-10-20(26(34)35)29-27(36)37-13-19-17-8-4-2-6-15(17)16-7-3-5-9-18(16)19/h2-9,19-25,30,32-33H,10-13H2,1H3,(H,28,31)(H,29,36)(H,34,35)/t20-,21-,22+,23-,24+,25+/m0/s1. The van der Waals surface area contributed by atoms with Crippen molar-refractivity contribution in [3.8, 4) is 11.1 Å². The van der Waals surface area contributed by atoms with Gasteiger partial charge in [-0.1, -0.05) is 48.5 Å². The van der Waals surface area contributed by atoms with Crippen LogP contribution in [0.4, 0.5) is 4.79 Å². The van der Waals surface area contributed by atoms with E-state index in [0.29, 0.717) is 0 Å². The second kappa shape index (κ2) is 11.9. The van der Waals surface area contributed by atoms with Crippen LogP contribution in [0, 0.1) is 0 Å². The molecular weight excluding hydrogens is 496 g/mol. The quantitative estimate of drug-likeness (QED) is 0.274. The van der Waals surface area contributed by atoms with Crippen molar-refractivity contribution in [2.45, 2.75) is 62.2 Å². The van der Waals surface area contributed by atoms with E-state index in [0.717, 1.165) is 22.3 Å². The number of ether oxygens (including phenoxy) is 2. The molecule has 1 fully saturated rings. The molecule has 0 unspecified atom stereocenters. The predicted octanol–water partition coefficient (Wildman–Crippen LogP) is 0.745. The van der Waals surface area contributed by atoms with E-state index in [1.807, 2.05) is 48.5 Å². The minimum atomic E-state index is -1.44. The summed E-state index contributed by atoms with van der Waals surface area (Å²) in [6.45, 7) is 0.666. The summed E-state index contributed by atoms with van der Waals surface area (Å²) in [6, 6.07) is 13.3. The molecule has 1 aliphatic heterocycles. The number of carbonyl (C=O) groups is 3. The van der Waals surface area contributed by atoms with E-state index < -0.39 is 61.1 Å². The summed E-state index contributed by atoms with van der Waals surface area (Å²) < 4.78 is 11.1. The zero-order chi connectivity index (χ0) is 27.4. The van der Waals surface area contributed by atoms with Crippen LogP contribution in [0.2, 0.25) is 0 Å². The van der Waals surface area contributed by atoms with Crippen molar-refractivity contribution in [3.63, 3.8) is 0 Å². The number of hydrogen-bond acceptors (Lipinski definition) is 8. The van der Waals surface area contributed by atoms with Gasteiger partial charge < -0.3 is 40.5 Å². The molecule has 6 atom stereocenters. The largest absolute Gasteiger partial charge is 0.480 e. The number of aliphatic carboxylic acids is 1. The van der Waals surface area contributed by atoms with Crippen molar-refractivity contribution in [2.75, 3.05) is 13.2 Å². The summed E-state index contributed by atoms with van der Waals surface area (Å²) in [6.07, 6.45) is -5.94. The first-order valence-electron chi connectivity index (χ1n) is 12.4. The molecule has 11 nitrogen and oxygen atoms in total. The van der Waals surface area contributed by atoms with Gasteiger partial charge in [-0.2, -0.15) is 0 Å². The third-order valence-corrected chi connectivity index (χ3v) is 7.07. The highest BCUT2D eigenvalue weighted by atomic mass is 16.5. The van der Waals surface area contributed by atoms with Gasteiger partial charge in [0.1, 0.15) is 31.0 Å². The number of aliphatic hydroxyl groups is 3. The van der Waals surface area contributed by atoms with Crippen LogP contribution < -0.4 is 10.6 Å². The Labute approximate surface area is 219 Å². The third-order valence-electron chi connectivity index (χ3n) is 7.07. The molecule has 1 aliphatic carbocycles. The molecule has 204 valence electrons. The van der Waals surface area contributed by atoms with E-state index in [1.54, 1.807) is 0 Å². The molecular formula is C27H32N2O9. The molecule has 4 rings (SSSR count). The fourth-order valence-electron chi connectivity index (χ4n) is 5.22. The molecule has 11 heteroatoms. The van der Waals surface area contributed by atoms with E-state index in [9.17, 15) is 34.8 Å². The monoisotopic (exact) mass is 528 g/mol. The SMILES string of the molecule is CC(=O)N[C@@H]1[C@@H](O)[C@H](O)[C@@H](CO)O[C@H]1CC[C@H](NC(=O)OCC1c2ccccc2-c2ccccc21)C(=O)O. The Balaban J connectivity index is 1.38. The van der Waals surface area contributed by atoms with Crippen molar-refractivity contribution >= 4 is 18.0 Å². The van der Waals surface area contributed by atoms with Gasteiger partial charge in [-0.3, -0.25) is 4.79 Å². The second-order valence-corrected chi connectivity index (χ2v) is 9.54. The van der Waals surface area contributed by atoms with Crippen LogP contribution in [-0.2, 0) is 19.1 Å². The summed E-state index contributed by atoms with van der Waals surface area (Å²) in [7, 11) is 0. The smallest absolute Gasteiger partial charge is 0.407 e. The predicted molar refractivity (Wildman–Crippen MR) is 134 cm³/mol. The Bertz CT molecular complexity index is 1130. The first-order chi connectivity index (χ1) is 18.2. The van der Waals surface area contributed by atoms with Gasteiger partial charge in [-0.25, -0.2) is 9.59 Å². The molecule has 0 aromatic heterocycles. The number of fused-ring (bicyclic) bond motifs is 3. The van der Waals surface area contributed by atoms with Gasteiger partial charge in [0.05, 0.1) is 18.8 Å². The molecule has 6 N–H and O–H groups in total. The van der Waals surface area contributed by atoms with Crippen LogP contribution in [0.15, 0.2) is 48.5 Å². The summed E-state index contributed by atoms with van der Waals surface area (Å²) in [5.74, 6) is -1.97. The lowest BCUT2D eigenvalue weighted by Gasteiger charge is -2.43. The maximum Gasteiger partial charge on any atom is 0.407 e. The average molecular weight is 529 g/mol. The van der Waals surface area contributed by atoms with Crippen LogP contribution in [0.5, 0.6) is 0 Å². The average Bonchev–Trinajstić information content (AvgIpc) is 3.22. The van der Waals surface area contributed by atoms with Crippen LogP contribution >= 0.6 is 0 Å². The van der Waals surface area contributed by atoms with Crippen LogP contribution in [0.1, 0.15) is 36.8 Å². The summed E-state index contributed by atoms with van der Waals surface area (Å²) in [5, 5.41) is 44.6. The Hall–Kier alpha value is -3.51. The number of carbonyl (C=O) groups excluding carboxylic acids is 2. The third kappa shape index (κ3) is 5.81. The Morgan fingerprint density at radius 1 is 0.974 bits per heavy atom. The molecule has 38 heavy (non-hydrogen) atoms. The molecule has 0 saturated carbocycles. The van der Waals surface area contributed by atoms with Crippen LogP contribution in [-0.4, -0.2) is 88.1 Å². The van der Waals surface area contributed by atoms with E-state index in [1.165, 1.54) is 6.92 Å². The van der Waals surface area contributed by atoms with Gasteiger partial charge in [0.25, 0.3) is 0 Å². The lowest BCUT2D eigenvalue weighted by molar-refractivity contribution is -0.197. The van der Waals surface area contributed by atoms with Crippen molar-refractivity contribution in [1.29, 1.82) is 0 Å². The number of carboxylic acids is 1. The fraction of sp³-hybridized carbons (Fsp3) is 0.444. The maximum absolute atomic E-state index is 12.6. The van der Waals surface area contributed by atoms with Gasteiger partial charge >= 0.3 is 12.1 Å². The molecule has 2 aliphatic rings. The number of amides is 2. The number of aliphatic hydroxyl groups excluding tert-OH is 3. The summed E-state index contributed by atoms with van der Waals surface area (Å²) in [5.41, 5.74) is 4.17. The highest BCUT2D eigenvalue weighted by Gasteiger charge is 2.44. The zero-order valence-corrected chi connectivity index (χ0v) is 20.8. The normalized spacial score (nSPS) is 25.1. The van der Waals surface area contributed by atoms with Gasteiger partial charge in [0, 0.05) is 12.8 Å². The number of benzene rings is 2. The van der Waals surface area contributed by atoms with Crippen LogP contribution in [0.3, 0.4) is 0 Å². The molecule has 2 aromatic rings. The molecule has 1 heterocycles. The highest BCUT2D eigenvalue weighted by Crippen LogP contribution is 2.44. The second-order valence-electron chi connectivity index (χ2n) is 9.54. The van der Waals surface area contributed by atoms with Gasteiger partial charge in [-0.05, 0) is 35.1 Å². The van der Waals surface area contributed by atoms with Gasteiger partial charge in [-0.15, -0.1) is 0 Å². The molecule has 0 radical (unpaired) electrons. The zero-order valence-electron chi connectivity index (χ0n) is 20.8. The Morgan fingerprint density at radius 3 is 2.13 bits per heavy atom. The lowest BCUT2D eigenvalue weighted by atomic mass is 9.89. The molecule has 1 saturated heterocycles. The van der Waals surface area contributed by atoms with E-state index in [4.69, 9.17) is 9.47 Å². The van der Waals surface area contributed by atoms with Gasteiger partial charge in [0.15, 0.2) is 0 Å². The first kappa shape index (κ1) is 27.5. The van der Waals surface area contributed by atoms with Crippen LogP contribution in [0.25, 0.3) is 11.1 Å². The van der Waals surface area contributed by atoms with E-state index in [2.05, 4.69) is 10.6 Å². The lowest BCUT2D eigenvalue weighted by Crippen LogP contribution is -2.64. The summed E-state index contributed by atoms with van der Waals surface area (Å²) in [4.78, 5) is 36.1. The molecule has 0 bridgehead atoms. The topological polar surface area (TPSA) is 175 Å². The van der Waals surface area contributed by atoms with Crippen molar-refractivity contribution in [1.82, 2.24) is 10.6 Å². The number of hydrogen-bond donors (Lipinski definition) is 6. The van der Waals surface area contributed by atoms with E-state index in [-0.39, 0.29) is 25.4 Å². The highest BCUT2D eigenvalue weighted by molar-refractivity contribution is 5.81. The van der Waals surface area contributed by atoms with Crippen molar-refractivity contribution in [3.05, 3.63) is 59.7 Å². The van der Waals surface area contributed by atoms with E-state index >= 15 is 0 Å². The van der Waals surface area contributed by atoms with Crippen molar-refractivity contribution < 1.29 is 44.3 Å². The van der Waals surface area contributed by atoms with Gasteiger partial charge in [0.2, 0.25) is 5.91 Å². The molecule has 0 spiro atoms. The van der Waals surface area contributed by atoms with Crippen molar-refractivity contribution in [2.24, 2.45) is 0 Å². The Morgan fingerprint density at radius 2 is 1.58 bits per heavy atom. The minimum absolute atomic E-state index is 0.00809. The summed E-state index contributed by atoms with van der Waals surface area (Å²) >= 11 is 0. The molecule has 2 aromatic carbocycles. The number of alkyl carbamates (subject to hydrolysis) is 1. The number of nitrogens with one attached hydrogen (secondary N) is 2. The first-order valence-corrected chi connectivity index (χ1v) is 12.4. The fourth-order valence-corrected chi connectivity index (χ4v) is 5.22. The number of rotatable bonds is 9. The molecule has 2 amide bonds. The number of carboxylic acid groups (broad SMARTS) is 1.